The van der Waals surface area contributed by atoms with Gasteiger partial charge in [-0.25, -0.2) is 0 Å². The minimum atomic E-state index is -4.75. The van der Waals surface area contributed by atoms with Crippen molar-refractivity contribution in [3.63, 3.8) is 0 Å². The molecule has 1 amide bonds. The van der Waals surface area contributed by atoms with Gasteiger partial charge in [0, 0.05) is 18.2 Å². The van der Waals surface area contributed by atoms with Gasteiger partial charge in [0.05, 0.1) is 18.6 Å². The number of hydrogen-bond donors (Lipinski definition) is 0. The lowest BCUT2D eigenvalue weighted by atomic mass is 9.88. The van der Waals surface area contributed by atoms with Crippen LogP contribution < -0.4 is 4.74 Å². The summed E-state index contributed by atoms with van der Waals surface area (Å²) in [6.45, 7) is 0.497. The fraction of sp³-hybridized carbons (Fsp3) is 0.174. The molecule has 0 fully saturated rings. The Balaban J connectivity index is 1.66. The van der Waals surface area contributed by atoms with Crippen molar-refractivity contribution in [1.82, 2.24) is 4.90 Å². The highest BCUT2D eigenvalue weighted by Gasteiger charge is 2.33. The zero-order valence-corrected chi connectivity index (χ0v) is 15.8. The maximum Gasteiger partial charge on any atom is 0.573 e. The van der Waals surface area contributed by atoms with E-state index in [0.717, 1.165) is 16.7 Å². The molecule has 154 valence electrons. The molecule has 4 nitrogen and oxygen atoms in total. The molecule has 1 unspecified atom stereocenters. The predicted octanol–water partition coefficient (Wildman–Crippen LogP) is 5.37. The maximum absolute atomic E-state index is 13.0. The molecule has 1 aliphatic rings. The van der Waals surface area contributed by atoms with Crippen LogP contribution >= 0.6 is 0 Å². The van der Waals surface area contributed by atoms with Crippen molar-refractivity contribution in [1.29, 1.82) is 0 Å². The summed E-state index contributed by atoms with van der Waals surface area (Å²) in [7, 11) is 0. The molecule has 0 aliphatic carbocycles. The molecule has 0 radical (unpaired) electrons. The van der Waals surface area contributed by atoms with Crippen molar-refractivity contribution < 1.29 is 27.1 Å². The number of alkyl halides is 3. The van der Waals surface area contributed by atoms with Gasteiger partial charge in [0.1, 0.15) is 5.75 Å². The number of ether oxygens (including phenoxy) is 1. The first kappa shape index (κ1) is 19.8. The van der Waals surface area contributed by atoms with Crippen molar-refractivity contribution in [3.8, 4) is 5.75 Å². The number of benzene rings is 2. The largest absolute Gasteiger partial charge is 0.573 e. The van der Waals surface area contributed by atoms with E-state index in [-0.39, 0.29) is 11.7 Å². The summed E-state index contributed by atoms with van der Waals surface area (Å²) in [6, 6.07) is 14.8. The van der Waals surface area contributed by atoms with Gasteiger partial charge in [-0.2, -0.15) is 0 Å². The summed E-state index contributed by atoms with van der Waals surface area (Å²) in [5, 5.41) is 0. The quantitative estimate of drug-likeness (QED) is 0.541. The van der Waals surface area contributed by atoms with Gasteiger partial charge in [0.15, 0.2) is 0 Å². The summed E-state index contributed by atoms with van der Waals surface area (Å²) in [5.74, 6) is -0.487. The average Bonchev–Trinajstić information content (AvgIpc) is 3.24. The highest BCUT2D eigenvalue weighted by Crippen LogP contribution is 2.36. The molecule has 0 spiro atoms. The first-order chi connectivity index (χ1) is 14.4. The number of carbonyl (C=O) groups is 1. The van der Waals surface area contributed by atoms with Crippen molar-refractivity contribution in [2.75, 3.05) is 6.54 Å². The second-order valence-electron chi connectivity index (χ2n) is 6.89. The van der Waals surface area contributed by atoms with Crippen LogP contribution in [-0.4, -0.2) is 23.7 Å². The van der Waals surface area contributed by atoms with Gasteiger partial charge in [0.25, 0.3) is 0 Å². The van der Waals surface area contributed by atoms with Crippen LogP contribution in [0.3, 0.4) is 0 Å². The van der Waals surface area contributed by atoms with E-state index in [4.69, 9.17) is 4.42 Å². The van der Waals surface area contributed by atoms with Crippen molar-refractivity contribution >= 4 is 12.0 Å². The van der Waals surface area contributed by atoms with Gasteiger partial charge in [-0.05, 0) is 47.4 Å². The third-order valence-corrected chi connectivity index (χ3v) is 4.96. The van der Waals surface area contributed by atoms with E-state index in [1.54, 1.807) is 29.2 Å². The molecule has 7 heteroatoms. The van der Waals surface area contributed by atoms with Gasteiger partial charge >= 0.3 is 6.36 Å². The highest BCUT2D eigenvalue weighted by atomic mass is 19.4. The van der Waals surface area contributed by atoms with E-state index >= 15 is 0 Å². The van der Waals surface area contributed by atoms with Crippen LogP contribution in [0.15, 0.2) is 77.6 Å². The molecular formula is C23H18F3NO3. The summed E-state index contributed by atoms with van der Waals surface area (Å²) < 4.78 is 46.4. The summed E-state index contributed by atoms with van der Waals surface area (Å²) in [5.41, 5.74) is 3.55. The summed E-state index contributed by atoms with van der Waals surface area (Å²) in [6.07, 6.45) is 2.16. The smallest absolute Gasteiger partial charge is 0.472 e. The van der Waals surface area contributed by atoms with Crippen molar-refractivity contribution in [2.45, 2.75) is 18.8 Å². The third-order valence-electron chi connectivity index (χ3n) is 4.96. The number of furan rings is 1. The Morgan fingerprint density at radius 3 is 2.57 bits per heavy atom. The van der Waals surface area contributed by atoms with Crippen LogP contribution in [0.4, 0.5) is 13.2 Å². The van der Waals surface area contributed by atoms with E-state index in [9.17, 15) is 18.0 Å². The summed E-state index contributed by atoms with van der Waals surface area (Å²) in [4.78, 5) is 14.7. The monoisotopic (exact) mass is 413 g/mol. The number of hydrogen-bond acceptors (Lipinski definition) is 3. The van der Waals surface area contributed by atoms with Crippen LogP contribution in [0.5, 0.6) is 5.75 Å². The molecule has 0 saturated heterocycles. The van der Waals surface area contributed by atoms with Gasteiger partial charge in [-0.3, -0.25) is 4.79 Å². The third kappa shape index (κ3) is 4.40. The van der Waals surface area contributed by atoms with Gasteiger partial charge in [0.2, 0.25) is 5.91 Å². The first-order valence-corrected chi connectivity index (χ1v) is 9.35. The Morgan fingerprint density at radius 1 is 1.10 bits per heavy atom. The van der Waals surface area contributed by atoms with Crippen LogP contribution in [0.1, 0.15) is 28.3 Å². The lowest BCUT2D eigenvalue weighted by Gasteiger charge is -2.37. The van der Waals surface area contributed by atoms with Crippen molar-refractivity contribution in [2.24, 2.45) is 0 Å². The number of fused-ring (bicyclic) bond motifs is 1. The molecule has 2 heterocycles. The Bertz CT molecular complexity index is 1040. The topological polar surface area (TPSA) is 42.7 Å². The number of halogens is 3. The number of nitrogens with zero attached hydrogens (tertiary/aromatic N) is 1. The van der Waals surface area contributed by atoms with Crippen LogP contribution in [0.2, 0.25) is 0 Å². The average molecular weight is 413 g/mol. The Labute approximate surface area is 171 Å². The zero-order chi connectivity index (χ0) is 21.1. The predicted molar refractivity (Wildman–Crippen MR) is 105 cm³/mol. The Morgan fingerprint density at radius 2 is 1.87 bits per heavy atom. The van der Waals surface area contributed by atoms with E-state index < -0.39 is 12.4 Å². The van der Waals surface area contributed by atoms with E-state index in [2.05, 4.69) is 4.74 Å². The molecule has 30 heavy (non-hydrogen) atoms. The Kier molecular flexibility index (Phi) is 5.35. The highest BCUT2D eigenvalue weighted by molar-refractivity contribution is 5.92. The standard InChI is InChI=1S/C23H18F3NO3/c24-23(25,26)30-19-8-6-18(7-9-19)22-20-4-2-1-3-17(20)11-13-27(22)21(28)10-5-16-12-14-29-15-16/h1-10,12,14-15,22H,11,13H2. The fourth-order valence-electron chi connectivity index (χ4n) is 3.65. The van der Waals surface area contributed by atoms with Gasteiger partial charge < -0.3 is 14.1 Å². The van der Waals surface area contributed by atoms with Crippen LogP contribution in [0, 0.1) is 0 Å². The molecule has 0 saturated carbocycles. The summed E-state index contributed by atoms with van der Waals surface area (Å²) >= 11 is 0. The molecule has 4 rings (SSSR count). The van der Waals surface area contributed by atoms with Crippen LogP contribution in [-0.2, 0) is 11.2 Å². The number of rotatable bonds is 4. The van der Waals surface area contributed by atoms with E-state index in [1.165, 1.54) is 30.7 Å². The fourth-order valence-corrected chi connectivity index (χ4v) is 3.65. The maximum atomic E-state index is 13.0. The number of carbonyl (C=O) groups excluding carboxylic acids is 1. The molecule has 1 aromatic heterocycles. The van der Waals surface area contributed by atoms with Gasteiger partial charge in [-0.1, -0.05) is 36.4 Å². The molecule has 2 aromatic carbocycles. The van der Waals surface area contributed by atoms with Gasteiger partial charge in [-0.15, -0.1) is 13.2 Å². The molecular weight excluding hydrogens is 395 g/mol. The zero-order valence-electron chi connectivity index (χ0n) is 15.8. The van der Waals surface area contributed by atoms with E-state index in [0.29, 0.717) is 18.5 Å². The molecule has 1 aliphatic heterocycles. The molecule has 0 bridgehead atoms. The number of amides is 1. The Hall–Kier alpha value is -3.48. The minimum Gasteiger partial charge on any atom is -0.472 e. The van der Waals surface area contributed by atoms with Crippen LogP contribution in [0.25, 0.3) is 6.08 Å². The first-order valence-electron chi connectivity index (χ1n) is 9.35. The lowest BCUT2D eigenvalue weighted by molar-refractivity contribution is -0.274. The van der Waals surface area contributed by atoms with E-state index in [1.807, 2.05) is 24.3 Å². The minimum absolute atomic E-state index is 0.189. The van der Waals surface area contributed by atoms with Crippen molar-refractivity contribution in [3.05, 3.63) is 95.5 Å². The lowest BCUT2D eigenvalue weighted by Crippen LogP contribution is -2.39. The molecule has 3 aromatic rings. The SMILES string of the molecule is O=C(C=Cc1ccoc1)N1CCc2ccccc2C1c1ccc(OC(F)(F)F)cc1. The molecule has 0 N–H and O–H groups in total. The normalized spacial score (nSPS) is 16.5. The second-order valence-corrected chi connectivity index (χ2v) is 6.89. The second kappa shape index (κ2) is 8.10. The molecule has 1 atom stereocenters.